The van der Waals surface area contributed by atoms with Crippen LogP contribution in [-0.4, -0.2) is 17.4 Å². The Balaban J connectivity index is 2.54. The molecular formula is C4H6N2O2. The maximum Gasteiger partial charge on any atom is 0.248 e. The van der Waals surface area contributed by atoms with Crippen LogP contribution in [0, 0.1) is 0 Å². The van der Waals surface area contributed by atoms with Crippen molar-refractivity contribution >= 4 is 5.91 Å². The molecule has 8 heavy (non-hydrogen) atoms. The van der Waals surface area contributed by atoms with Gasteiger partial charge in [0.2, 0.25) is 12.3 Å². The van der Waals surface area contributed by atoms with Gasteiger partial charge in [0, 0.05) is 12.3 Å². The van der Waals surface area contributed by atoms with E-state index in [0.717, 1.165) is 0 Å². The minimum Gasteiger partial charge on any atom is -0.356 e. The lowest BCUT2D eigenvalue weighted by atomic mass is 10.5. The molecule has 1 aliphatic rings. The van der Waals surface area contributed by atoms with Gasteiger partial charge in [-0.1, -0.05) is 0 Å². The summed E-state index contributed by atoms with van der Waals surface area (Å²) >= 11 is 0. The summed E-state index contributed by atoms with van der Waals surface area (Å²) in [5.74, 6) is -0.281. The van der Waals surface area contributed by atoms with Gasteiger partial charge in [-0.2, -0.15) is 0 Å². The second-order valence-corrected chi connectivity index (χ2v) is 1.41. The molecular weight excluding hydrogens is 108 g/mol. The van der Waals surface area contributed by atoms with Crippen molar-refractivity contribution in [3.8, 4) is 0 Å². The number of hydrogen-bond acceptors (Lipinski definition) is 3. The van der Waals surface area contributed by atoms with Crippen molar-refractivity contribution in [2.45, 2.75) is 6.35 Å². The van der Waals surface area contributed by atoms with Crippen LogP contribution < -0.4 is 10.6 Å². The first-order valence-corrected chi connectivity index (χ1v) is 2.20. The number of hydrogen-bond donors (Lipinski definition) is 3. The highest BCUT2D eigenvalue weighted by Crippen LogP contribution is 1.80. The summed E-state index contributed by atoms with van der Waals surface area (Å²) in [6.45, 7) is 0. The summed E-state index contributed by atoms with van der Waals surface area (Å²) in [6.07, 6.45) is 1.77. The number of aliphatic hydroxyl groups is 1. The fraction of sp³-hybridized carbons (Fsp3) is 0.250. The predicted octanol–water partition coefficient (Wildman–Crippen LogP) is -1.50. The van der Waals surface area contributed by atoms with Crippen LogP contribution in [0.4, 0.5) is 0 Å². The molecule has 0 aromatic heterocycles. The molecule has 1 heterocycles. The van der Waals surface area contributed by atoms with Gasteiger partial charge in [-0.3, -0.25) is 4.79 Å². The quantitative estimate of drug-likeness (QED) is 0.359. The van der Waals surface area contributed by atoms with Crippen LogP contribution in [0.15, 0.2) is 12.3 Å². The van der Waals surface area contributed by atoms with E-state index in [4.69, 9.17) is 5.11 Å². The van der Waals surface area contributed by atoms with Crippen molar-refractivity contribution in [3.05, 3.63) is 12.3 Å². The Morgan fingerprint density at radius 1 is 1.75 bits per heavy atom. The third-order valence-corrected chi connectivity index (χ3v) is 0.768. The molecule has 44 valence electrons. The van der Waals surface area contributed by atoms with E-state index in [1.807, 2.05) is 0 Å². The molecule has 0 aromatic carbocycles. The molecule has 4 nitrogen and oxygen atoms in total. The average molecular weight is 114 g/mol. The molecule has 1 aliphatic heterocycles. The zero-order valence-electron chi connectivity index (χ0n) is 4.09. The lowest BCUT2D eigenvalue weighted by Gasteiger charge is -2.14. The number of carbonyl (C=O) groups is 1. The molecule has 4 heteroatoms. The Hall–Kier alpha value is -1.03. The van der Waals surface area contributed by atoms with Crippen LogP contribution in [0.25, 0.3) is 0 Å². The van der Waals surface area contributed by atoms with Crippen LogP contribution in [-0.2, 0) is 4.79 Å². The van der Waals surface area contributed by atoms with E-state index in [1.54, 1.807) is 0 Å². The van der Waals surface area contributed by atoms with E-state index in [-0.39, 0.29) is 5.91 Å². The summed E-state index contributed by atoms with van der Waals surface area (Å²) in [7, 11) is 0. The van der Waals surface area contributed by atoms with Gasteiger partial charge < -0.3 is 15.7 Å². The number of rotatable bonds is 0. The predicted molar refractivity (Wildman–Crippen MR) is 26.4 cm³/mol. The smallest absolute Gasteiger partial charge is 0.248 e. The van der Waals surface area contributed by atoms with Crippen LogP contribution in [0.2, 0.25) is 0 Å². The molecule has 0 fully saturated rings. The van der Waals surface area contributed by atoms with E-state index in [9.17, 15) is 4.79 Å². The number of carbonyl (C=O) groups excluding carboxylic acids is 1. The summed E-state index contributed by atoms with van der Waals surface area (Å²) in [4.78, 5) is 10.3. The third-order valence-electron chi connectivity index (χ3n) is 0.768. The van der Waals surface area contributed by atoms with Gasteiger partial charge in [0.25, 0.3) is 0 Å². The lowest BCUT2D eigenvalue weighted by Crippen LogP contribution is -2.45. The summed E-state index contributed by atoms with van der Waals surface area (Å²) in [5, 5.41) is 13.2. The first-order valence-electron chi connectivity index (χ1n) is 2.20. The highest BCUT2D eigenvalue weighted by Gasteiger charge is 2.06. The Labute approximate surface area is 46.2 Å². The Kier molecular flexibility index (Phi) is 1.17. The second-order valence-electron chi connectivity index (χ2n) is 1.41. The maximum atomic E-state index is 10.3. The fourth-order valence-electron chi connectivity index (χ4n) is 0.439. The van der Waals surface area contributed by atoms with Crippen LogP contribution in [0.1, 0.15) is 0 Å². The van der Waals surface area contributed by atoms with Crippen LogP contribution >= 0.6 is 0 Å². The summed E-state index contributed by atoms with van der Waals surface area (Å²) in [5.41, 5.74) is 0. The van der Waals surface area contributed by atoms with Crippen LogP contribution in [0.5, 0.6) is 0 Å². The zero-order chi connectivity index (χ0) is 5.98. The minimum absolute atomic E-state index is 0.281. The van der Waals surface area contributed by atoms with Gasteiger partial charge in [0.1, 0.15) is 0 Å². The lowest BCUT2D eigenvalue weighted by molar-refractivity contribution is -0.120. The summed E-state index contributed by atoms with van der Waals surface area (Å²) < 4.78 is 0. The van der Waals surface area contributed by atoms with Crippen molar-refractivity contribution in [2.24, 2.45) is 0 Å². The Bertz CT molecular complexity index is 132. The normalized spacial score (nSPS) is 26.6. The number of amides is 1. The highest BCUT2D eigenvalue weighted by atomic mass is 16.3. The number of nitrogens with one attached hydrogen (secondary N) is 2. The molecule has 0 saturated carbocycles. The van der Waals surface area contributed by atoms with Gasteiger partial charge in [-0.15, -0.1) is 0 Å². The molecule has 3 N–H and O–H groups in total. The van der Waals surface area contributed by atoms with E-state index in [1.165, 1.54) is 12.3 Å². The fourth-order valence-corrected chi connectivity index (χ4v) is 0.439. The maximum absolute atomic E-state index is 10.3. The van der Waals surface area contributed by atoms with E-state index in [0.29, 0.717) is 0 Å². The molecule has 0 spiro atoms. The third kappa shape index (κ3) is 0.974. The monoisotopic (exact) mass is 114 g/mol. The van der Waals surface area contributed by atoms with E-state index in [2.05, 4.69) is 10.6 Å². The van der Waals surface area contributed by atoms with Gasteiger partial charge in [0.15, 0.2) is 0 Å². The molecule has 0 saturated heterocycles. The van der Waals surface area contributed by atoms with Gasteiger partial charge in [-0.05, 0) is 0 Å². The van der Waals surface area contributed by atoms with Crippen molar-refractivity contribution in [1.29, 1.82) is 0 Å². The van der Waals surface area contributed by atoms with Crippen molar-refractivity contribution in [2.75, 3.05) is 0 Å². The van der Waals surface area contributed by atoms with Crippen LogP contribution in [0.3, 0.4) is 0 Å². The molecule has 0 aromatic rings. The van der Waals surface area contributed by atoms with E-state index < -0.39 is 6.35 Å². The van der Waals surface area contributed by atoms with Crippen molar-refractivity contribution in [1.82, 2.24) is 10.6 Å². The first kappa shape index (κ1) is 5.11. The Morgan fingerprint density at radius 3 is 2.88 bits per heavy atom. The van der Waals surface area contributed by atoms with Gasteiger partial charge in [-0.25, -0.2) is 0 Å². The highest BCUT2D eigenvalue weighted by molar-refractivity contribution is 5.88. The standard InChI is InChI=1S/C4H6N2O2/c7-3-1-2-5-4(8)6-3/h1-2,4-5,8H,(H,6,7)/t4-/m0/s1. The zero-order valence-corrected chi connectivity index (χ0v) is 4.09. The van der Waals surface area contributed by atoms with Gasteiger partial charge >= 0.3 is 0 Å². The average Bonchev–Trinajstić information content (AvgIpc) is 1.64. The SMILES string of the molecule is O=C1C=CN[C@H](O)N1. The molecule has 0 aliphatic carbocycles. The topological polar surface area (TPSA) is 61.4 Å². The molecule has 0 bridgehead atoms. The first-order chi connectivity index (χ1) is 3.79. The molecule has 1 amide bonds. The molecule has 1 atom stereocenters. The minimum atomic E-state index is -0.924. The largest absolute Gasteiger partial charge is 0.356 e. The number of aliphatic hydroxyl groups excluding tert-OH is 1. The second kappa shape index (κ2) is 1.83. The molecule has 1 rings (SSSR count). The van der Waals surface area contributed by atoms with Gasteiger partial charge in [0.05, 0.1) is 0 Å². The van der Waals surface area contributed by atoms with Crippen molar-refractivity contribution in [3.63, 3.8) is 0 Å². The van der Waals surface area contributed by atoms with E-state index >= 15 is 0 Å². The Morgan fingerprint density at radius 2 is 2.50 bits per heavy atom. The summed E-state index contributed by atoms with van der Waals surface area (Å²) in [6, 6.07) is 0. The van der Waals surface area contributed by atoms with Crippen molar-refractivity contribution < 1.29 is 9.90 Å². The molecule has 0 radical (unpaired) electrons. The molecule has 0 unspecified atom stereocenters.